The first-order chi connectivity index (χ1) is 5.58. The fraction of sp³-hybridized carbons (Fsp3) is 1.00. The quantitative estimate of drug-likeness (QED) is 0.690. The Bertz CT molecular complexity index is 143. The molecule has 12 heavy (non-hydrogen) atoms. The van der Waals surface area contributed by atoms with Gasteiger partial charge in [0.05, 0.1) is 11.7 Å². The van der Waals surface area contributed by atoms with E-state index in [1.807, 2.05) is 0 Å². The first-order valence-corrected chi connectivity index (χ1v) is 4.81. The number of hydrogen-bond donors (Lipinski definition) is 1. The summed E-state index contributed by atoms with van der Waals surface area (Å²) >= 11 is 0. The van der Waals surface area contributed by atoms with Crippen LogP contribution in [0.5, 0.6) is 0 Å². The van der Waals surface area contributed by atoms with Gasteiger partial charge in [-0.1, -0.05) is 12.8 Å². The highest BCUT2D eigenvalue weighted by Crippen LogP contribution is 2.34. The molecule has 2 nitrogen and oxygen atoms in total. The van der Waals surface area contributed by atoms with Gasteiger partial charge in [-0.25, -0.2) is 0 Å². The van der Waals surface area contributed by atoms with Crippen LogP contribution < -0.4 is 0 Å². The molecule has 1 aliphatic rings. The molecule has 72 valence electrons. The van der Waals surface area contributed by atoms with E-state index in [1.165, 1.54) is 6.42 Å². The SMILES string of the molecule is COC(C)(C)[C@@H]1CCCC[C@H]1O. The van der Waals surface area contributed by atoms with E-state index in [9.17, 15) is 5.11 Å². The molecule has 0 saturated heterocycles. The van der Waals surface area contributed by atoms with Crippen LogP contribution >= 0.6 is 0 Å². The van der Waals surface area contributed by atoms with Crippen LogP contribution in [-0.4, -0.2) is 23.9 Å². The molecule has 1 rings (SSSR count). The molecule has 0 bridgehead atoms. The Hall–Kier alpha value is -0.0800. The van der Waals surface area contributed by atoms with Crippen LogP contribution in [-0.2, 0) is 4.74 Å². The number of hydrogen-bond acceptors (Lipinski definition) is 2. The number of methoxy groups -OCH3 is 1. The molecule has 1 fully saturated rings. The highest BCUT2D eigenvalue weighted by atomic mass is 16.5. The van der Waals surface area contributed by atoms with Crippen LogP contribution in [0, 0.1) is 5.92 Å². The third-order valence-corrected chi connectivity index (χ3v) is 3.15. The Balaban J connectivity index is 2.58. The summed E-state index contributed by atoms with van der Waals surface area (Å²) in [5, 5.41) is 9.76. The fourth-order valence-electron chi connectivity index (χ4n) is 2.07. The van der Waals surface area contributed by atoms with Gasteiger partial charge in [0.2, 0.25) is 0 Å². The van der Waals surface area contributed by atoms with Gasteiger partial charge in [-0.2, -0.15) is 0 Å². The molecule has 0 unspecified atom stereocenters. The van der Waals surface area contributed by atoms with Gasteiger partial charge in [-0.3, -0.25) is 0 Å². The molecule has 1 N–H and O–H groups in total. The van der Waals surface area contributed by atoms with Gasteiger partial charge in [-0.15, -0.1) is 0 Å². The average molecular weight is 172 g/mol. The summed E-state index contributed by atoms with van der Waals surface area (Å²) in [7, 11) is 1.72. The lowest BCUT2D eigenvalue weighted by Crippen LogP contribution is -2.42. The predicted octanol–water partition coefficient (Wildman–Crippen LogP) is 1.96. The van der Waals surface area contributed by atoms with Gasteiger partial charge in [0.1, 0.15) is 0 Å². The largest absolute Gasteiger partial charge is 0.393 e. The van der Waals surface area contributed by atoms with Crippen molar-refractivity contribution in [1.82, 2.24) is 0 Å². The van der Waals surface area contributed by atoms with E-state index in [-0.39, 0.29) is 11.7 Å². The summed E-state index contributed by atoms with van der Waals surface area (Å²) in [4.78, 5) is 0. The number of rotatable bonds is 2. The summed E-state index contributed by atoms with van der Waals surface area (Å²) in [6.45, 7) is 4.12. The summed E-state index contributed by atoms with van der Waals surface area (Å²) in [5.74, 6) is 0.316. The second-order valence-corrected chi connectivity index (χ2v) is 4.27. The molecule has 0 aromatic rings. The predicted molar refractivity (Wildman–Crippen MR) is 49.1 cm³/mol. The van der Waals surface area contributed by atoms with E-state index >= 15 is 0 Å². The topological polar surface area (TPSA) is 29.5 Å². The average Bonchev–Trinajstić information content (AvgIpc) is 2.05. The Morgan fingerprint density at radius 2 is 1.83 bits per heavy atom. The van der Waals surface area contributed by atoms with E-state index in [1.54, 1.807) is 7.11 Å². The van der Waals surface area contributed by atoms with Crippen molar-refractivity contribution in [3.8, 4) is 0 Å². The Morgan fingerprint density at radius 3 is 2.33 bits per heavy atom. The maximum Gasteiger partial charge on any atom is 0.0675 e. The third-order valence-electron chi connectivity index (χ3n) is 3.15. The maximum atomic E-state index is 9.76. The lowest BCUT2D eigenvalue weighted by atomic mass is 9.77. The van der Waals surface area contributed by atoms with E-state index in [2.05, 4.69) is 13.8 Å². The van der Waals surface area contributed by atoms with Crippen molar-refractivity contribution in [3.63, 3.8) is 0 Å². The minimum Gasteiger partial charge on any atom is -0.393 e. The third kappa shape index (κ3) is 1.99. The maximum absolute atomic E-state index is 9.76. The van der Waals surface area contributed by atoms with E-state index in [0.29, 0.717) is 5.92 Å². The fourth-order valence-corrected chi connectivity index (χ4v) is 2.07. The van der Waals surface area contributed by atoms with Crippen molar-refractivity contribution in [2.45, 2.75) is 51.2 Å². The zero-order chi connectivity index (χ0) is 9.19. The van der Waals surface area contributed by atoms with Gasteiger partial charge >= 0.3 is 0 Å². The molecule has 1 aliphatic carbocycles. The van der Waals surface area contributed by atoms with Crippen molar-refractivity contribution in [3.05, 3.63) is 0 Å². The molecular weight excluding hydrogens is 152 g/mol. The van der Waals surface area contributed by atoms with Crippen LogP contribution in [0.3, 0.4) is 0 Å². The van der Waals surface area contributed by atoms with Crippen LogP contribution in [0.4, 0.5) is 0 Å². The highest BCUT2D eigenvalue weighted by molar-refractivity contribution is 4.87. The molecule has 0 amide bonds. The molecule has 0 aliphatic heterocycles. The number of aliphatic hydroxyl groups excluding tert-OH is 1. The van der Waals surface area contributed by atoms with E-state index in [0.717, 1.165) is 19.3 Å². The molecule has 0 aromatic carbocycles. The van der Waals surface area contributed by atoms with Crippen LogP contribution in [0.1, 0.15) is 39.5 Å². The van der Waals surface area contributed by atoms with Crippen molar-refractivity contribution >= 4 is 0 Å². The Kier molecular flexibility index (Phi) is 3.13. The van der Waals surface area contributed by atoms with Crippen LogP contribution in [0.2, 0.25) is 0 Å². The molecule has 0 spiro atoms. The molecule has 0 aromatic heterocycles. The summed E-state index contributed by atoms with van der Waals surface area (Å²) < 4.78 is 5.39. The standard InChI is InChI=1S/C10H20O2/c1-10(2,12-3)8-6-4-5-7-9(8)11/h8-9,11H,4-7H2,1-3H3/t8-,9-/m1/s1. The zero-order valence-electron chi connectivity index (χ0n) is 8.34. The van der Waals surface area contributed by atoms with Gasteiger partial charge in [0.15, 0.2) is 0 Å². The second-order valence-electron chi connectivity index (χ2n) is 4.27. The molecule has 2 heteroatoms. The Morgan fingerprint density at radius 1 is 1.25 bits per heavy atom. The van der Waals surface area contributed by atoms with Crippen molar-refractivity contribution in [2.75, 3.05) is 7.11 Å². The van der Waals surface area contributed by atoms with Crippen LogP contribution in [0.15, 0.2) is 0 Å². The first-order valence-electron chi connectivity index (χ1n) is 4.81. The second kappa shape index (κ2) is 3.75. The molecule has 0 radical (unpaired) electrons. The first kappa shape index (κ1) is 10.0. The van der Waals surface area contributed by atoms with Crippen molar-refractivity contribution in [1.29, 1.82) is 0 Å². The normalized spacial score (nSPS) is 32.0. The minimum atomic E-state index is -0.167. The van der Waals surface area contributed by atoms with Gasteiger partial charge in [0.25, 0.3) is 0 Å². The zero-order valence-corrected chi connectivity index (χ0v) is 8.34. The summed E-state index contributed by atoms with van der Waals surface area (Å²) in [6, 6.07) is 0. The highest BCUT2D eigenvalue weighted by Gasteiger charge is 2.36. The monoisotopic (exact) mass is 172 g/mol. The van der Waals surface area contributed by atoms with Crippen molar-refractivity contribution in [2.24, 2.45) is 5.92 Å². The lowest BCUT2D eigenvalue weighted by molar-refractivity contribution is -0.0890. The van der Waals surface area contributed by atoms with Gasteiger partial charge in [0, 0.05) is 13.0 Å². The number of aliphatic hydroxyl groups is 1. The molecular formula is C10H20O2. The smallest absolute Gasteiger partial charge is 0.0675 e. The molecule has 2 atom stereocenters. The summed E-state index contributed by atoms with van der Waals surface area (Å²) in [6.07, 6.45) is 4.28. The minimum absolute atomic E-state index is 0.159. The van der Waals surface area contributed by atoms with Crippen molar-refractivity contribution < 1.29 is 9.84 Å². The van der Waals surface area contributed by atoms with Gasteiger partial charge < -0.3 is 9.84 Å². The molecule has 0 heterocycles. The van der Waals surface area contributed by atoms with Crippen LogP contribution in [0.25, 0.3) is 0 Å². The lowest BCUT2D eigenvalue weighted by Gasteiger charge is -2.39. The number of ether oxygens (including phenoxy) is 1. The Labute approximate surface area is 74.9 Å². The molecule has 1 saturated carbocycles. The van der Waals surface area contributed by atoms with E-state index < -0.39 is 0 Å². The van der Waals surface area contributed by atoms with E-state index in [4.69, 9.17) is 4.74 Å². The summed E-state index contributed by atoms with van der Waals surface area (Å²) in [5.41, 5.74) is -0.167. The van der Waals surface area contributed by atoms with Gasteiger partial charge in [-0.05, 0) is 26.7 Å².